The molecule has 40 heavy (non-hydrogen) atoms. The number of anilines is 1. The first-order valence-electron chi connectivity index (χ1n) is 15.2. The van der Waals surface area contributed by atoms with Crippen LogP contribution >= 0.6 is 0 Å². The lowest BCUT2D eigenvalue weighted by molar-refractivity contribution is -0.335. The minimum absolute atomic E-state index is 0.0162. The van der Waals surface area contributed by atoms with Crippen LogP contribution in [0.2, 0.25) is 0 Å². The lowest BCUT2D eigenvalue weighted by Crippen LogP contribution is -2.76. The van der Waals surface area contributed by atoms with Crippen LogP contribution in [-0.4, -0.2) is 42.1 Å². The molecule has 0 aliphatic carbocycles. The van der Waals surface area contributed by atoms with Crippen LogP contribution in [0.1, 0.15) is 105 Å². The summed E-state index contributed by atoms with van der Waals surface area (Å²) in [7, 11) is 0. The number of cyclic esters (lactones) is 1. The zero-order chi connectivity index (χ0) is 27.7. The molecule has 0 aromatic heterocycles. The Balaban J connectivity index is 1.43. The molecular formula is C33H40N2O5. The van der Waals surface area contributed by atoms with Gasteiger partial charge in [-0.3, -0.25) is 19.3 Å². The molecule has 2 fully saturated rings. The molecule has 0 bridgehead atoms. The van der Waals surface area contributed by atoms with Gasteiger partial charge < -0.3 is 14.4 Å². The van der Waals surface area contributed by atoms with Gasteiger partial charge in [0.1, 0.15) is 0 Å². The zero-order valence-corrected chi connectivity index (χ0v) is 23.5. The van der Waals surface area contributed by atoms with Gasteiger partial charge >= 0.3 is 5.97 Å². The molecule has 0 radical (unpaired) electrons. The highest BCUT2D eigenvalue weighted by atomic mass is 16.6. The second-order valence-electron chi connectivity index (χ2n) is 11.8. The summed E-state index contributed by atoms with van der Waals surface area (Å²) in [6.45, 7) is 2.62. The molecule has 2 aromatic carbocycles. The van der Waals surface area contributed by atoms with E-state index in [0.717, 1.165) is 48.9 Å². The predicted molar refractivity (Wildman–Crippen MR) is 152 cm³/mol. The molecule has 3 atom stereocenters. The maximum atomic E-state index is 14.0. The van der Waals surface area contributed by atoms with Gasteiger partial charge in [0.15, 0.2) is 12.0 Å². The summed E-state index contributed by atoms with van der Waals surface area (Å²) in [6.07, 6.45) is 10.8. The fraction of sp³-hybridized carbons (Fsp3) is 0.545. The van der Waals surface area contributed by atoms with Crippen LogP contribution in [0.5, 0.6) is 0 Å². The van der Waals surface area contributed by atoms with E-state index in [-0.39, 0.29) is 17.8 Å². The molecule has 2 amide bonds. The Bertz CT molecular complexity index is 1290. The third-order valence-corrected chi connectivity index (χ3v) is 9.42. The number of carbonyl (C=O) groups excluding carboxylic acids is 3. The van der Waals surface area contributed by atoms with Crippen molar-refractivity contribution in [1.29, 1.82) is 0 Å². The predicted octanol–water partition coefficient (Wildman–Crippen LogP) is 6.19. The van der Waals surface area contributed by atoms with Crippen molar-refractivity contribution in [3.05, 3.63) is 65.2 Å². The number of ether oxygens (including phenoxy) is 2. The van der Waals surface area contributed by atoms with E-state index >= 15 is 0 Å². The van der Waals surface area contributed by atoms with E-state index in [1.807, 2.05) is 47.4 Å². The van der Waals surface area contributed by atoms with Gasteiger partial charge in [0.05, 0.1) is 17.7 Å². The fourth-order valence-corrected chi connectivity index (χ4v) is 7.66. The fourth-order valence-electron chi connectivity index (χ4n) is 7.66. The van der Waals surface area contributed by atoms with Gasteiger partial charge in [0.25, 0.3) is 5.91 Å². The molecule has 7 heteroatoms. The molecule has 2 saturated heterocycles. The number of benzene rings is 2. The smallest absolute Gasteiger partial charge is 0.305 e. The van der Waals surface area contributed by atoms with Gasteiger partial charge in [-0.05, 0) is 43.4 Å². The summed E-state index contributed by atoms with van der Waals surface area (Å²) in [4.78, 5) is 43.5. The molecule has 2 aromatic rings. The van der Waals surface area contributed by atoms with Crippen molar-refractivity contribution in [2.24, 2.45) is 0 Å². The van der Waals surface area contributed by atoms with Gasteiger partial charge in [-0.15, -0.1) is 0 Å². The molecule has 7 nitrogen and oxygen atoms in total. The molecule has 0 N–H and O–H groups in total. The van der Waals surface area contributed by atoms with Gasteiger partial charge in [-0.1, -0.05) is 81.3 Å². The second-order valence-corrected chi connectivity index (χ2v) is 11.8. The van der Waals surface area contributed by atoms with E-state index in [1.54, 1.807) is 11.8 Å². The molecule has 212 valence electrons. The standard InChI is InChI=1S/C33H40N2O5/c1-24(36)35-28-19-12-11-18-27(28)32-21-15-20-29(37)39-23-14-8-6-4-2-3-5-7-13-22-34-30(38)25-16-9-10-17-26(25)33(32,34)40-31(32)35/h9-12,16-19,31H,2-8,13-15,20-23H2,1H3/t31-,32-,33+/m1/s1. The highest BCUT2D eigenvalue weighted by Gasteiger charge is 2.79. The third kappa shape index (κ3) is 4.08. The summed E-state index contributed by atoms with van der Waals surface area (Å²) in [5, 5.41) is 0. The Morgan fingerprint density at radius 3 is 2.23 bits per heavy atom. The summed E-state index contributed by atoms with van der Waals surface area (Å²) in [6, 6.07) is 15.7. The average Bonchev–Trinajstić information content (AvgIpc) is 3.33. The molecular weight excluding hydrogens is 504 g/mol. The van der Waals surface area contributed by atoms with Crippen molar-refractivity contribution in [1.82, 2.24) is 4.90 Å². The van der Waals surface area contributed by atoms with E-state index in [2.05, 4.69) is 6.07 Å². The van der Waals surface area contributed by atoms with Crippen molar-refractivity contribution in [2.75, 3.05) is 18.1 Å². The van der Waals surface area contributed by atoms with E-state index in [4.69, 9.17) is 9.47 Å². The van der Waals surface area contributed by atoms with Crippen molar-refractivity contribution in [3.8, 4) is 0 Å². The molecule has 4 aliphatic heterocycles. The summed E-state index contributed by atoms with van der Waals surface area (Å²) < 4.78 is 12.5. The number of hydrogen-bond acceptors (Lipinski definition) is 5. The number of fused-ring (bicyclic) bond motifs is 2. The van der Waals surface area contributed by atoms with Crippen molar-refractivity contribution < 1.29 is 23.9 Å². The maximum absolute atomic E-state index is 14.0. The van der Waals surface area contributed by atoms with Crippen molar-refractivity contribution in [2.45, 2.75) is 101 Å². The Morgan fingerprint density at radius 1 is 0.825 bits per heavy atom. The lowest BCUT2D eigenvalue weighted by Gasteiger charge is -2.63. The Labute approximate surface area is 236 Å². The van der Waals surface area contributed by atoms with Crippen LogP contribution < -0.4 is 4.90 Å². The number of esters is 1. The van der Waals surface area contributed by atoms with E-state index in [0.29, 0.717) is 38.0 Å². The van der Waals surface area contributed by atoms with E-state index < -0.39 is 17.4 Å². The van der Waals surface area contributed by atoms with Crippen LogP contribution in [0, 0.1) is 0 Å². The monoisotopic (exact) mass is 544 g/mol. The van der Waals surface area contributed by atoms with Crippen LogP contribution in [-0.2, 0) is 30.2 Å². The van der Waals surface area contributed by atoms with Gasteiger partial charge in [0.2, 0.25) is 5.91 Å². The third-order valence-electron chi connectivity index (χ3n) is 9.42. The normalized spacial score (nSPS) is 29.4. The highest BCUT2D eigenvalue weighted by Crippen LogP contribution is 2.70. The topological polar surface area (TPSA) is 76.2 Å². The zero-order valence-electron chi connectivity index (χ0n) is 23.5. The number of carbonyl (C=O) groups is 3. The average molecular weight is 545 g/mol. The minimum Gasteiger partial charge on any atom is -0.466 e. The largest absolute Gasteiger partial charge is 0.466 e. The van der Waals surface area contributed by atoms with Gasteiger partial charge in [0, 0.05) is 31.0 Å². The summed E-state index contributed by atoms with van der Waals surface area (Å²) >= 11 is 0. The quantitative estimate of drug-likeness (QED) is 0.370. The second kappa shape index (κ2) is 11.0. The molecule has 0 saturated carbocycles. The lowest BCUT2D eigenvalue weighted by atomic mass is 9.61. The minimum atomic E-state index is -1.03. The molecule has 0 unspecified atom stereocenters. The number of hydrogen-bond donors (Lipinski definition) is 0. The first-order valence-corrected chi connectivity index (χ1v) is 15.2. The number of para-hydroxylation sites is 1. The van der Waals surface area contributed by atoms with Crippen LogP contribution in [0.15, 0.2) is 48.5 Å². The molecule has 4 heterocycles. The Kier molecular flexibility index (Phi) is 7.43. The van der Waals surface area contributed by atoms with Crippen molar-refractivity contribution >= 4 is 23.5 Å². The number of nitrogens with zero attached hydrogens (tertiary/aromatic N) is 2. The molecule has 6 rings (SSSR count). The summed E-state index contributed by atoms with van der Waals surface area (Å²) in [5.41, 5.74) is 1.65. The van der Waals surface area contributed by atoms with Gasteiger partial charge in [-0.2, -0.15) is 0 Å². The van der Waals surface area contributed by atoms with Crippen LogP contribution in [0.3, 0.4) is 0 Å². The van der Waals surface area contributed by atoms with E-state index in [9.17, 15) is 14.4 Å². The SMILES string of the molecule is CC(=O)N1c2ccccc2[C@@]23CCCC(=O)OCCCCCCCCCCCN4C(=O)c5ccccc5[C@@]42O[C@@H]13. The first kappa shape index (κ1) is 27.0. The van der Waals surface area contributed by atoms with Gasteiger partial charge in [-0.25, -0.2) is 0 Å². The first-order chi connectivity index (χ1) is 19.5. The Hall–Kier alpha value is -3.19. The Morgan fingerprint density at radius 2 is 1.48 bits per heavy atom. The van der Waals surface area contributed by atoms with Crippen molar-refractivity contribution in [3.63, 3.8) is 0 Å². The maximum Gasteiger partial charge on any atom is 0.305 e. The summed E-state index contributed by atoms with van der Waals surface area (Å²) in [5.74, 6) is -0.296. The van der Waals surface area contributed by atoms with Crippen LogP contribution in [0.25, 0.3) is 0 Å². The van der Waals surface area contributed by atoms with Crippen LogP contribution in [0.4, 0.5) is 5.69 Å². The molecule has 2 spiro atoms. The highest BCUT2D eigenvalue weighted by molar-refractivity contribution is 6.02. The number of rotatable bonds is 0. The number of amides is 2. The molecule has 4 aliphatic rings. The van der Waals surface area contributed by atoms with E-state index in [1.165, 1.54) is 25.7 Å².